The van der Waals surface area contributed by atoms with Gasteiger partial charge in [-0.05, 0) is 35.9 Å². The van der Waals surface area contributed by atoms with Crippen LogP contribution >= 0.6 is 0 Å². The van der Waals surface area contributed by atoms with Crippen molar-refractivity contribution in [3.63, 3.8) is 0 Å². The SMILES string of the molecule is CN1C(=O)C(NC(=O)c2cc3cc(C(F)(F)F)ccc3[nH]2)Cc2ccccc21. The van der Waals surface area contributed by atoms with E-state index >= 15 is 0 Å². The number of nitrogens with one attached hydrogen (secondary N) is 2. The van der Waals surface area contributed by atoms with Crippen molar-refractivity contribution < 1.29 is 22.8 Å². The number of hydrogen-bond acceptors (Lipinski definition) is 2. The zero-order valence-corrected chi connectivity index (χ0v) is 14.8. The third-order valence-electron chi connectivity index (χ3n) is 4.90. The molecule has 5 nitrogen and oxygen atoms in total. The van der Waals surface area contributed by atoms with Gasteiger partial charge in [0.15, 0.2) is 0 Å². The third kappa shape index (κ3) is 3.11. The molecule has 0 spiro atoms. The Kier molecular flexibility index (Phi) is 4.14. The largest absolute Gasteiger partial charge is 0.416 e. The molecule has 0 radical (unpaired) electrons. The van der Waals surface area contributed by atoms with Gasteiger partial charge in [0.2, 0.25) is 5.91 Å². The number of rotatable bonds is 2. The summed E-state index contributed by atoms with van der Waals surface area (Å²) in [4.78, 5) is 29.4. The molecule has 3 aromatic rings. The molecule has 0 saturated carbocycles. The summed E-state index contributed by atoms with van der Waals surface area (Å²) < 4.78 is 38.6. The number of hydrogen-bond donors (Lipinski definition) is 2. The number of benzene rings is 2. The van der Waals surface area contributed by atoms with Crippen LogP contribution in [0.1, 0.15) is 21.6 Å². The fourth-order valence-electron chi connectivity index (χ4n) is 3.45. The molecule has 4 rings (SSSR count). The highest BCUT2D eigenvalue weighted by Crippen LogP contribution is 2.31. The molecule has 28 heavy (non-hydrogen) atoms. The van der Waals surface area contributed by atoms with Gasteiger partial charge in [0.05, 0.1) is 5.56 Å². The number of halogens is 3. The molecule has 8 heteroatoms. The fourth-order valence-corrected chi connectivity index (χ4v) is 3.45. The maximum Gasteiger partial charge on any atom is 0.416 e. The first-order chi connectivity index (χ1) is 13.2. The molecule has 1 atom stereocenters. The van der Waals surface area contributed by atoms with Crippen LogP contribution in [0.5, 0.6) is 0 Å². The van der Waals surface area contributed by atoms with Crippen LogP contribution in [0.15, 0.2) is 48.5 Å². The van der Waals surface area contributed by atoms with Gasteiger partial charge in [0.25, 0.3) is 5.91 Å². The molecule has 1 unspecified atom stereocenters. The van der Waals surface area contributed by atoms with Crippen molar-refractivity contribution in [3.8, 4) is 0 Å². The third-order valence-corrected chi connectivity index (χ3v) is 4.90. The first-order valence-electron chi connectivity index (χ1n) is 8.60. The van der Waals surface area contributed by atoms with Crippen LogP contribution < -0.4 is 10.2 Å². The van der Waals surface area contributed by atoms with Gasteiger partial charge < -0.3 is 15.2 Å². The first kappa shape index (κ1) is 18.1. The Balaban J connectivity index is 1.58. The Morgan fingerprint density at radius 3 is 2.68 bits per heavy atom. The van der Waals surface area contributed by atoms with Crippen LogP contribution in [0.25, 0.3) is 10.9 Å². The van der Waals surface area contributed by atoms with E-state index in [0.29, 0.717) is 11.9 Å². The molecule has 2 aromatic carbocycles. The average Bonchev–Trinajstić information content (AvgIpc) is 3.08. The highest BCUT2D eigenvalue weighted by atomic mass is 19.4. The number of H-pyrrole nitrogens is 1. The second-order valence-corrected chi connectivity index (χ2v) is 6.74. The van der Waals surface area contributed by atoms with E-state index in [4.69, 9.17) is 0 Å². The number of anilines is 1. The Labute approximate surface area is 158 Å². The molecule has 2 amide bonds. The highest BCUT2D eigenvalue weighted by Gasteiger charge is 2.33. The summed E-state index contributed by atoms with van der Waals surface area (Å²) >= 11 is 0. The molecule has 0 fully saturated rings. The molecule has 2 heterocycles. The van der Waals surface area contributed by atoms with E-state index in [-0.39, 0.29) is 17.0 Å². The monoisotopic (exact) mass is 387 g/mol. The molecular weight excluding hydrogens is 371 g/mol. The average molecular weight is 387 g/mol. The second kappa shape index (κ2) is 6.40. The Hall–Kier alpha value is -3.29. The molecule has 1 aliphatic rings. The molecular formula is C20H16F3N3O2. The predicted molar refractivity (Wildman–Crippen MR) is 98.1 cm³/mol. The lowest BCUT2D eigenvalue weighted by Gasteiger charge is -2.31. The predicted octanol–water partition coefficient (Wildman–Crippen LogP) is 3.50. The van der Waals surface area contributed by atoms with E-state index in [1.165, 1.54) is 17.0 Å². The Morgan fingerprint density at radius 1 is 1.18 bits per heavy atom. The van der Waals surface area contributed by atoms with Crippen molar-refractivity contribution >= 4 is 28.4 Å². The van der Waals surface area contributed by atoms with Crippen molar-refractivity contribution in [2.75, 3.05) is 11.9 Å². The van der Waals surface area contributed by atoms with E-state index in [9.17, 15) is 22.8 Å². The number of alkyl halides is 3. The highest BCUT2D eigenvalue weighted by molar-refractivity contribution is 6.04. The van der Waals surface area contributed by atoms with Crippen LogP contribution in [-0.2, 0) is 17.4 Å². The van der Waals surface area contributed by atoms with Gasteiger partial charge in [-0.25, -0.2) is 0 Å². The summed E-state index contributed by atoms with van der Waals surface area (Å²) in [6.07, 6.45) is -4.11. The van der Waals surface area contributed by atoms with Gasteiger partial charge in [-0.1, -0.05) is 18.2 Å². The normalized spacial score (nSPS) is 16.9. The zero-order chi connectivity index (χ0) is 20.1. The standard InChI is InChI=1S/C20H16F3N3O2/c1-26-17-5-3-2-4-11(17)9-16(19(26)28)25-18(27)15-10-12-8-13(20(21,22)23)6-7-14(12)24-15/h2-8,10,16,24H,9H2,1H3,(H,25,27). The second-order valence-electron chi connectivity index (χ2n) is 6.74. The summed E-state index contributed by atoms with van der Waals surface area (Å²) in [7, 11) is 1.64. The topological polar surface area (TPSA) is 65.2 Å². The van der Waals surface area contributed by atoms with E-state index < -0.39 is 23.7 Å². The molecule has 1 aromatic heterocycles. The van der Waals surface area contributed by atoms with Crippen molar-refractivity contribution in [1.29, 1.82) is 0 Å². The number of carbonyl (C=O) groups excluding carboxylic acids is 2. The molecule has 144 valence electrons. The van der Waals surface area contributed by atoms with E-state index in [1.54, 1.807) is 7.05 Å². The molecule has 0 bridgehead atoms. The van der Waals surface area contributed by atoms with Gasteiger partial charge in [-0.15, -0.1) is 0 Å². The quantitative estimate of drug-likeness (QED) is 0.707. The number of carbonyl (C=O) groups is 2. The minimum atomic E-state index is -4.46. The van der Waals surface area contributed by atoms with Crippen LogP contribution in [0.4, 0.5) is 18.9 Å². The minimum Gasteiger partial charge on any atom is -0.351 e. The Morgan fingerprint density at radius 2 is 1.93 bits per heavy atom. The lowest BCUT2D eigenvalue weighted by atomic mass is 9.97. The van der Waals surface area contributed by atoms with Gasteiger partial charge in [0, 0.05) is 30.1 Å². The summed E-state index contributed by atoms with van der Waals surface area (Å²) in [6.45, 7) is 0. The van der Waals surface area contributed by atoms with Gasteiger partial charge in [-0.2, -0.15) is 13.2 Å². The van der Waals surface area contributed by atoms with Gasteiger partial charge in [0.1, 0.15) is 11.7 Å². The van der Waals surface area contributed by atoms with Crippen molar-refractivity contribution in [3.05, 3.63) is 65.4 Å². The van der Waals surface area contributed by atoms with E-state index in [2.05, 4.69) is 10.3 Å². The van der Waals surface area contributed by atoms with Crippen LogP contribution in [0.3, 0.4) is 0 Å². The number of nitrogens with zero attached hydrogens (tertiary/aromatic N) is 1. The molecule has 0 saturated heterocycles. The first-order valence-corrected chi connectivity index (χ1v) is 8.60. The lowest BCUT2D eigenvalue weighted by Crippen LogP contribution is -2.51. The maximum absolute atomic E-state index is 12.9. The summed E-state index contributed by atoms with van der Waals surface area (Å²) in [6, 6.07) is 11.2. The minimum absolute atomic E-state index is 0.101. The van der Waals surface area contributed by atoms with Crippen LogP contribution in [0.2, 0.25) is 0 Å². The number of likely N-dealkylation sites (N-methyl/N-ethyl adjacent to an activating group) is 1. The number of amides is 2. The molecule has 0 aliphatic carbocycles. The summed E-state index contributed by atoms with van der Waals surface area (Å²) in [5.41, 5.74) is 1.45. The smallest absolute Gasteiger partial charge is 0.351 e. The number of aromatic amines is 1. The number of fused-ring (bicyclic) bond motifs is 2. The van der Waals surface area contributed by atoms with Crippen molar-refractivity contribution in [2.24, 2.45) is 0 Å². The summed E-state index contributed by atoms with van der Waals surface area (Å²) in [5, 5.41) is 2.95. The molecule has 1 aliphatic heterocycles. The van der Waals surface area contributed by atoms with Crippen molar-refractivity contribution in [1.82, 2.24) is 10.3 Å². The number of aromatic nitrogens is 1. The van der Waals surface area contributed by atoms with Crippen LogP contribution in [-0.4, -0.2) is 29.9 Å². The zero-order valence-electron chi connectivity index (χ0n) is 14.8. The lowest BCUT2D eigenvalue weighted by molar-refractivity contribution is -0.137. The Bertz CT molecular complexity index is 1090. The van der Waals surface area contributed by atoms with Crippen LogP contribution in [0, 0.1) is 0 Å². The molecule has 2 N–H and O–H groups in total. The maximum atomic E-state index is 12.9. The van der Waals surface area contributed by atoms with Gasteiger partial charge >= 0.3 is 6.18 Å². The summed E-state index contributed by atoms with van der Waals surface area (Å²) in [5.74, 6) is -0.793. The van der Waals surface area contributed by atoms with Crippen molar-refractivity contribution in [2.45, 2.75) is 18.6 Å². The van der Waals surface area contributed by atoms with E-state index in [1.807, 2.05) is 24.3 Å². The van der Waals surface area contributed by atoms with E-state index in [0.717, 1.165) is 23.4 Å². The van der Waals surface area contributed by atoms with Gasteiger partial charge in [-0.3, -0.25) is 9.59 Å². The number of para-hydroxylation sites is 1. The fraction of sp³-hybridized carbons (Fsp3) is 0.200.